The Kier molecular flexibility index (Phi) is 4.58. The van der Waals surface area contributed by atoms with Crippen LogP contribution in [0.5, 0.6) is 0 Å². The van der Waals surface area contributed by atoms with Crippen molar-refractivity contribution in [3.05, 3.63) is 12.2 Å². The molecule has 0 radical (unpaired) electrons. The van der Waals surface area contributed by atoms with Crippen LogP contribution in [0.1, 0.15) is 19.8 Å². The van der Waals surface area contributed by atoms with Gasteiger partial charge in [-0.15, -0.1) is 0 Å². The van der Waals surface area contributed by atoms with Crippen molar-refractivity contribution in [1.82, 2.24) is 0 Å². The summed E-state index contributed by atoms with van der Waals surface area (Å²) in [7, 11) is 0. The highest BCUT2D eigenvalue weighted by Gasteiger charge is 1.94. The molecule has 10 heavy (non-hydrogen) atoms. The summed E-state index contributed by atoms with van der Waals surface area (Å²) >= 11 is 0. The zero-order valence-corrected chi connectivity index (χ0v) is 6.08. The van der Waals surface area contributed by atoms with Crippen LogP contribution >= 0.6 is 0 Å². The van der Waals surface area contributed by atoms with Gasteiger partial charge in [0.2, 0.25) is 0 Å². The molecule has 0 amide bonds. The Morgan fingerprint density at radius 1 is 1.80 bits per heavy atom. The molecule has 0 rings (SSSR count). The number of carboxylic acid groups (broad SMARTS) is 1. The average molecular weight is 143 g/mol. The van der Waals surface area contributed by atoms with Crippen LogP contribution in [0.2, 0.25) is 0 Å². The minimum Gasteiger partial charge on any atom is -0.478 e. The maximum absolute atomic E-state index is 9.97. The third-order valence-corrected chi connectivity index (χ3v) is 1.11. The maximum Gasteiger partial charge on any atom is 0.328 e. The van der Waals surface area contributed by atoms with Gasteiger partial charge in [0.25, 0.3) is 0 Å². The second-order valence-corrected chi connectivity index (χ2v) is 2.15. The fraction of sp³-hybridized carbons (Fsp3) is 0.571. The van der Waals surface area contributed by atoms with Crippen molar-refractivity contribution in [1.29, 1.82) is 0 Å². The van der Waals surface area contributed by atoms with Gasteiger partial charge in [0, 0.05) is 12.1 Å². The lowest BCUT2D eigenvalue weighted by atomic mass is 10.2. The van der Waals surface area contributed by atoms with Gasteiger partial charge in [-0.2, -0.15) is 0 Å². The number of hydrogen-bond acceptors (Lipinski definition) is 2. The van der Waals surface area contributed by atoms with Crippen LogP contribution in [0.4, 0.5) is 0 Å². The van der Waals surface area contributed by atoms with Gasteiger partial charge in [-0.1, -0.05) is 19.4 Å². The third kappa shape index (κ3) is 5.31. The standard InChI is InChI=1S/C7H13NO2/c1-2-3-6(8)4-5-7(9)10/h4-6H,2-3,8H2,1H3,(H,9,10)/b5-4+. The summed E-state index contributed by atoms with van der Waals surface area (Å²) in [4.78, 5) is 9.97. The van der Waals surface area contributed by atoms with Gasteiger partial charge in [0.15, 0.2) is 0 Å². The van der Waals surface area contributed by atoms with Gasteiger partial charge in [-0.3, -0.25) is 0 Å². The maximum atomic E-state index is 9.97. The number of carboxylic acids is 1. The molecule has 1 atom stereocenters. The first-order chi connectivity index (χ1) is 4.66. The van der Waals surface area contributed by atoms with E-state index in [0.29, 0.717) is 0 Å². The fourth-order valence-corrected chi connectivity index (χ4v) is 0.635. The minimum atomic E-state index is -0.938. The molecule has 1 unspecified atom stereocenters. The summed E-state index contributed by atoms with van der Waals surface area (Å²) in [5.41, 5.74) is 5.48. The van der Waals surface area contributed by atoms with Crippen molar-refractivity contribution >= 4 is 5.97 Å². The number of rotatable bonds is 4. The van der Waals surface area contributed by atoms with E-state index >= 15 is 0 Å². The van der Waals surface area contributed by atoms with Crippen molar-refractivity contribution in [3.8, 4) is 0 Å². The van der Waals surface area contributed by atoms with E-state index in [0.717, 1.165) is 18.9 Å². The van der Waals surface area contributed by atoms with E-state index in [1.54, 1.807) is 0 Å². The van der Waals surface area contributed by atoms with Crippen LogP contribution in [0.25, 0.3) is 0 Å². The molecular weight excluding hydrogens is 130 g/mol. The zero-order chi connectivity index (χ0) is 7.98. The van der Waals surface area contributed by atoms with Gasteiger partial charge >= 0.3 is 5.97 Å². The predicted molar refractivity (Wildman–Crippen MR) is 39.7 cm³/mol. The van der Waals surface area contributed by atoms with E-state index in [4.69, 9.17) is 10.8 Å². The van der Waals surface area contributed by atoms with E-state index in [9.17, 15) is 4.79 Å². The van der Waals surface area contributed by atoms with Gasteiger partial charge in [0.1, 0.15) is 0 Å². The molecule has 0 aromatic carbocycles. The van der Waals surface area contributed by atoms with E-state index < -0.39 is 5.97 Å². The smallest absolute Gasteiger partial charge is 0.328 e. The molecule has 58 valence electrons. The predicted octanol–water partition coefficient (Wildman–Crippen LogP) is 0.755. The Bertz CT molecular complexity index is 132. The van der Waals surface area contributed by atoms with Crippen molar-refractivity contribution in [2.45, 2.75) is 25.8 Å². The molecular formula is C7H13NO2. The molecule has 0 aliphatic rings. The molecule has 3 N–H and O–H groups in total. The zero-order valence-electron chi connectivity index (χ0n) is 6.08. The first-order valence-electron chi connectivity index (χ1n) is 3.33. The van der Waals surface area contributed by atoms with Crippen LogP contribution in [-0.4, -0.2) is 17.1 Å². The second-order valence-electron chi connectivity index (χ2n) is 2.15. The van der Waals surface area contributed by atoms with E-state index in [-0.39, 0.29) is 6.04 Å². The van der Waals surface area contributed by atoms with Crippen molar-refractivity contribution in [2.75, 3.05) is 0 Å². The van der Waals surface area contributed by atoms with E-state index in [1.165, 1.54) is 6.08 Å². The van der Waals surface area contributed by atoms with E-state index in [1.807, 2.05) is 6.92 Å². The van der Waals surface area contributed by atoms with Gasteiger partial charge in [-0.05, 0) is 6.42 Å². The lowest BCUT2D eigenvalue weighted by Gasteiger charge is -2.00. The van der Waals surface area contributed by atoms with Crippen molar-refractivity contribution in [2.24, 2.45) is 5.73 Å². The third-order valence-electron chi connectivity index (χ3n) is 1.11. The van der Waals surface area contributed by atoms with Crippen molar-refractivity contribution < 1.29 is 9.90 Å². The summed E-state index contributed by atoms with van der Waals surface area (Å²) < 4.78 is 0. The molecule has 0 spiro atoms. The molecule has 0 aromatic heterocycles. The highest BCUT2D eigenvalue weighted by atomic mass is 16.4. The van der Waals surface area contributed by atoms with Gasteiger partial charge < -0.3 is 10.8 Å². The highest BCUT2D eigenvalue weighted by molar-refractivity contribution is 5.79. The highest BCUT2D eigenvalue weighted by Crippen LogP contribution is 1.93. The lowest BCUT2D eigenvalue weighted by molar-refractivity contribution is -0.131. The quantitative estimate of drug-likeness (QED) is 0.571. The van der Waals surface area contributed by atoms with Crippen LogP contribution in [0, 0.1) is 0 Å². The lowest BCUT2D eigenvalue weighted by Crippen LogP contribution is -2.16. The Morgan fingerprint density at radius 2 is 2.40 bits per heavy atom. The first-order valence-corrected chi connectivity index (χ1v) is 3.33. The normalized spacial score (nSPS) is 13.8. The Balaban J connectivity index is 3.55. The number of carbonyl (C=O) groups is 1. The number of aliphatic carboxylic acids is 1. The molecule has 0 aliphatic carbocycles. The molecule has 0 saturated carbocycles. The van der Waals surface area contributed by atoms with Crippen LogP contribution in [0.3, 0.4) is 0 Å². The average Bonchev–Trinajstić information content (AvgIpc) is 1.85. The number of nitrogens with two attached hydrogens (primary N) is 1. The molecule has 0 aromatic rings. The molecule has 0 fully saturated rings. The minimum absolute atomic E-state index is 0.110. The van der Waals surface area contributed by atoms with Crippen molar-refractivity contribution in [3.63, 3.8) is 0 Å². The van der Waals surface area contributed by atoms with E-state index in [2.05, 4.69) is 0 Å². The Labute approximate surface area is 60.5 Å². The molecule has 0 bridgehead atoms. The topological polar surface area (TPSA) is 63.3 Å². The fourth-order valence-electron chi connectivity index (χ4n) is 0.635. The van der Waals surface area contributed by atoms with Gasteiger partial charge in [0.05, 0.1) is 0 Å². The monoisotopic (exact) mass is 143 g/mol. The molecule has 0 aliphatic heterocycles. The van der Waals surface area contributed by atoms with Crippen LogP contribution in [0.15, 0.2) is 12.2 Å². The largest absolute Gasteiger partial charge is 0.478 e. The Morgan fingerprint density at radius 3 is 2.80 bits per heavy atom. The van der Waals surface area contributed by atoms with Gasteiger partial charge in [-0.25, -0.2) is 4.79 Å². The summed E-state index contributed by atoms with van der Waals surface area (Å²) in [6.07, 6.45) is 4.40. The SMILES string of the molecule is CCCC(N)/C=C/C(=O)O. The second kappa shape index (κ2) is 4.99. The Hall–Kier alpha value is -0.830. The first kappa shape index (κ1) is 9.17. The molecule has 0 saturated heterocycles. The summed E-state index contributed by atoms with van der Waals surface area (Å²) in [5.74, 6) is -0.938. The molecule has 3 heteroatoms. The van der Waals surface area contributed by atoms with Crippen LogP contribution < -0.4 is 5.73 Å². The summed E-state index contributed by atoms with van der Waals surface area (Å²) in [5, 5.41) is 8.19. The number of hydrogen-bond donors (Lipinski definition) is 2. The molecule has 0 heterocycles. The summed E-state index contributed by atoms with van der Waals surface area (Å²) in [6.45, 7) is 2.01. The molecule has 3 nitrogen and oxygen atoms in total. The summed E-state index contributed by atoms with van der Waals surface area (Å²) in [6, 6.07) is -0.110. The van der Waals surface area contributed by atoms with Crippen LogP contribution in [-0.2, 0) is 4.79 Å².